The smallest absolute Gasteiger partial charge is 0.339 e. The zero-order valence-corrected chi connectivity index (χ0v) is 15.4. The maximum atomic E-state index is 12.8. The molecule has 8 nitrogen and oxygen atoms in total. The summed E-state index contributed by atoms with van der Waals surface area (Å²) in [4.78, 5) is 32.3. The van der Waals surface area contributed by atoms with Crippen LogP contribution in [-0.2, 0) is 11.3 Å². The van der Waals surface area contributed by atoms with Crippen LogP contribution in [0.25, 0.3) is 10.9 Å². The second-order valence-electron chi connectivity index (χ2n) is 6.76. The van der Waals surface area contributed by atoms with E-state index >= 15 is 0 Å². The van der Waals surface area contributed by atoms with E-state index in [-0.39, 0.29) is 18.0 Å². The van der Waals surface area contributed by atoms with Gasteiger partial charge in [0.1, 0.15) is 17.9 Å². The van der Waals surface area contributed by atoms with Crippen molar-refractivity contribution in [2.24, 2.45) is 0 Å². The fourth-order valence-corrected chi connectivity index (χ4v) is 3.57. The third-order valence-electron chi connectivity index (χ3n) is 5.00. The van der Waals surface area contributed by atoms with Crippen LogP contribution in [0.5, 0.6) is 0 Å². The number of benzene rings is 1. The second-order valence-corrected chi connectivity index (χ2v) is 6.76. The average Bonchev–Trinajstić information content (AvgIpc) is 2.95. The number of anilines is 1. The molecular formula is C20H21N5O3. The van der Waals surface area contributed by atoms with E-state index in [0.29, 0.717) is 32.0 Å². The number of carboxylic acids is 1. The van der Waals surface area contributed by atoms with Gasteiger partial charge in [0.05, 0.1) is 11.7 Å². The third kappa shape index (κ3) is 3.53. The molecule has 1 aromatic carbocycles. The van der Waals surface area contributed by atoms with Gasteiger partial charge in [-0.25, -0.2) is 9.78 Å². The van der Waals surface area contributed by atoms with Gasteiger partial charge in [0, 0.05) is 37.8 Å². The molecule has 144 valence electrons. The number of hydrogen-bond donors (Lipinski definition) is 1. The molecule has 2 aromatic heterocycles. The van der Waals surface area contributed by atoms with E-state index in [1.165, 1.54) is 0 Å². The minimum atomic E-state index is -0.995. The zero-order valence-electron chi connectivity index (χ0n) is 15.4. The molecule has 1 aliphatic rings. The highest BCUT2D eigenvalue weighted by Gasteiger charge is 2.23. The van der Waals surface area contributed by atoms with E-state index in [0.717, 1.165) is 17.3 Å². The molecule has 1 saturated heterocycles. The first-order valence-corrected chi connectivity index (χ1v) is 9.25. The summed E-state index contributed by atoms with van der Waals surface area (Å²) in [5, 5.41) is 14.7. The Morgan fingerprint density at radius 1 is 1.04 bits per heavy atom. The molecule has 0 radical (unpaired) electrons. The molecule has 0 atom stereocenters. The number of nitrogens with zero attached hydrogens (tertiary/aromatic N) is 5. The number of carbonyl (C=O) groups excluding carboxylic acids is 1. The fourth-order valence-electron chi connectivity index (χ4n) is 3.57. The van der Waals surface area contributed by atoms with Gasteiger partial charge in [-0.3, -0.25) is 9.48 Å². The van der Waals surface area contributed by atoms with Gasteiger partial charge in [-0.05, 0) is 24.6 Å². The van der Waals surface area contributed by atoms with Gasteiger partial charge in [-0.2, -0.15) is 5.10 Å². The van der Waals surface area contributed by atoms with Crippen molar-refractivity contribution in [1.82, 2.24) is 19.7 Å². The Morgan fingerprint density at radius 3 is 2.75 bits per heavy atom. The molecule has 3 heterocycles. The summed E-state index contributed by atoms with van der Waals surface area (Å²) in [6, 6.07) is 11.0. The van der Waals surface area contributed by atoms with Crippen LogP contribution >= 0.6 is 0 Å². The fraction of sp³-hybridized carbons (Fsp3) is 0.300. The number of aromatic carboxylic acids is 1. The lowest BCUT2D eigenvalue weighted by Crippen LogP contribution is -2.37. The predicted octanol–water partition coefficient (Wildman–Crippen LogP) is 1.87. The molecule has 1 amide bonds. The van der Waals surface area contributed by atoms with Crippen LogP contribution in [0.2, 0.25) is 0 Å². The first-order valence-electron chi connectivity index (χ1n) is 9.25. The Balaban J connectivity index is 1.45. The van der Waals surface area contributed by atoms with Gasteiger partial charge in [0.25, 0.3) is 0 Å². The van der Waals surface area contributed by atoms with Gasteiger partial charge in [0.15, 0.2) is 0 Å². The highest BCUT2D eigenvalue weighted by atomic mass is 16.4. The average molecular weight is 379 g/mol. The van der Waals surface area contributed by atoms with Crippen molar-refractivity contribution in [3.05, 3.63) is 54.4 Å². The highest BCUT2D eigenvalue weighted by molar-refractivity contribution is 5.93. The maximum Gasteiger partial charge on any atom is 0.339 e. The summed E-state index contributed by atoms with van der Waals surface area (Å²) < 4.78 is 1.72. The molecule has 4 rings (SSSR count). The van der Waals surface area contributed by atoms with E-state index in [1.54, 1.807) is 29.2 Å². The van der Waals surface area contributed by atoms with Crippen LogP contribution in [-0.4, -0.2) is 62.8 Å². The number of rotatable bonds is 4. The normalized spacial score (nSPS) is 14.9. The van der Waals surface area contributed by atoms with Crippen molar-refractivity contribution in [2.75, 3.05) is 31.1 Å². The molecular weight excluding hydrogens is 358 g/mol. The van der Waals surface area contributed by atoms with Crippen molar-refractivity contribution in [2.45, 2.75) is 13.0 Å². The molecule has 8 heteroatoms. The number of hydrogen-bond acceptors (Lipinski definition) is 5. The Labute approximate surface area is 162 Å². The maximum absolute atomic E-state index is 12.8. The summed E-state index contributed by atoms with van der Waals surface area (Å²) in [7, 11) is 0. The Morgan fingerprint density at radius 2 is 1.89 bits per heavy atom. The number of fused-ring (bicyclic) bond motifs is 1. The molecule has 0 bridgehead atoms. The Hall–Kier alpha value is -3.42. The SMILES string of the molecule is O=C(O)c1cccnc1N1CCCN(C(=O)Cn2ncc3ccccc32)CC1. The minimum absolute atomic E-state index is 0.00943. The van der Waals surface area contributed by atoms with Crippen molar-refractivity contribution < 1.29 is 14.7 Å². The molecule has 0 spiro atoms. The van der Waals surface area contributed by atoms with Crippen LogP contribution < -0.4 is 4.90 Å². The van der Waals surface area contributed by atoms with Gasteiger partial charge in [0.2, 0.25) is 5.91 Å². The summed E-state index contributed by atoms with van der Waals surface area (Å²) in [5.41, 5.74) is 1.12. The number of para-hydroxylation sites is 1. The molecule has 1 N–H and O–H groups in total. The van der Waals surface area contributed by atoms with E-state index in [1.807, 2.05) is 34.1 Å². The summed E-state index contributed by atoms with van der Waals surface area (Å²) in [6.07, 6.45) is 4.11. The number of carbonyl (C=O) groups is 2. The molecule has 0 unspecified atom stereocenters. The molecule has 0 aliphatic carbocycles. The standard InChI is InChI=1S/C20H21N5O3/c26-18(14-25-17-7-2-1-5-15(17)13-22-25)23-9-4-10-24(12-11-23)19-16(20(27)28)6-3-8-21-19/h1-3,5-8,13H,4,9-12,14H2,(H,27,28). The van der Waals surface area contributed by atoms with Gasteiger partial charge in [-0.1, -0.05) is 18.2 Å². The van der Waals surface area contributed by atoms with Crippen LogP contribution in [0, 0.1) is 0 Å². The number of aromatic nitrogens is 3. The van der Waals surface area contributed by atoms with Crippen molar-refractivity contribution in [1.29, 1.82) is 0 Å². The number of pyridine rings is 1. The van der Waals surface area contributed by atoms with Gasteiger partial charge >= 0.3 is 5.97 Å². The monoisotopic (exact) mass is 379 g/mol. The second kappa shape index (κ2) is 7.67. The first kappa shape index (κ1) is 18.0. The van der Waals surface area contributed by atoms with E-state index in [9.17, 15) is 14.7 Å². The molecule has 1 fully saturated rings. The molecule has 3 aromatic rings. The van der Waals surface area contributed by atoms with Crippen LogP contribution in [0.15, 0.2) is 48.8 Å². The Kier molecular flexibility index (Phi) is 4.92. The summed E-state index contributed by atoms with van der Waals surface area (Å²) >= 11 is 0. The minimum Gasteiger partial charge on any atom is -0.478 e. The predicted molar refractivity (Wildman–Crippen MR) is 104 cm³/mol. The topological polar surface area (TPSA) is 91.6 Å². The summed E-state index contributed by atoms with van der Waals surface area (Å²) in [6.45, 7) is 2.55. The molecule has 0 saturated carbocycles. The van der Waals surface area contributed by atoms with Crippen LogP contribution in [0.1, 0.15) is 16.8 Å². The number of carboxylic acid groups (broad SMARTS) is 1. The largest absolute Gasteiger partial charge is 0.478 e. The van der Waals surface area contributed by atoms with Crippen molar-refractivity contribution in [3.63, 3.8) is 0 Å². The van der Waals surface area contributed by atoms with Crippen LogP contribution in [0.4, 0.5) is 5.82 Å². The first-order chi connectivity index (χ1) is 13.6. The van der Waals surface area contributed by atoms with E-state index < -0.39 is 5.97 Å². The quantitative estimate of drug-likeness (QED) is 0.744. The molecule has 28 heavy (non-hydrogen) atoms. The van der Waals surface area contributed by atoms with E-state index in [2.05, 4.69) is 10.1 Å². The third-order valence-corrected chi connectivity index (χ3v) is 5.00. The van der Waals surface area contributed by atoms with Crippen molar-refractivity contribution >= 4 is 28.6 Å². The van der Waals surface area contributed by atoms with Gasteiger partial charge in [-0.15, -0.1) is 0 Å². The lowest BCUT2D eigenvalue weighted by molar-refractivity contribution is -0.131. The van der Waals surface area contributed by atoms with Gasteiger partial charge < -0.3 is 14.9 Å². The Bertz CT molecular complexity index is 1020. The number of amides is 1. The van der Waals surface area contributed by atoms with Crippen molar-refractivity contribution in [3.8, 4) is 0 Å². The highest BCUT2D eigenvalue weighted by Crippen LogP contribution is 2.19. The lowest BCUT2D eigenvalue weighted by Gasteiger charge is -2.24. The summed E-state index contributed by atoms with van der Waals surface area (Å²) in [5.74, 6) is -0.525. The zero-order chi connectivity index (χ0) is 19.5. The van der Waals surface area contributed by atoms with E-state index in [4.69, 9.17) is 0 Å². The molecule has 1 aliphatic heterocycles. The van der Waals surface area contributed by atoms with Crippen LogP contribution in [0.3, 0.4) is 0 Å². The lowest BCUT2D eigenvalue weighted by atomic mass is 10.2.